The van der Waals surface area contributed by atoms with E-state index in [-0.39, 0.29) is 5.69 Å². The lowest BCUT2D eigenvalue weighted by Gasteiger charge is -2.08. The minimum absolute atomic E-state index is 0.0680. The number of pyridine rings is 1. The predicted molar refractivity (Wildman–Crippen MR) is 62.8 cm³/mol. The molecule has 2 aromatic rings. The topological polar surface area (TPSA) is 24.9 Å². The standard InChI is InChI=1S/C13H12F2N2/c14-11-2-1-3-12(15)13(11)17-9-6-10-4-7-16-8-5-10/h1-5,7-8,17H,6,9H2. The highest BCUT2D eigenvalue weighted by molar-refractivity contribution is 5.46. The molecule has 0 radical (unpaired) electrons. The van der Waals surface area contributed by atoms with E-state index in [1.54, 1.807) is 12.4 Å². The lowest BCUT2D eigenvalue weighted by Crippen LogP contribution is -2.08. The van der Waals surface area contributed by atoms with Crippen LogP contribution < -0.4 is 5.32 Å². The van der Waals surface area contributed by atoms with Gasteiger partial charge >= 0.3 is 0 Å². The molecule has 0 aliphatic carbocycles. The van der Waals surface area contributed by atoms with Gasteiger partial charge in [-0.25, -0.2) is 8.78 Å². The van der Waals surface area contributed by atoms with Crippen LogP contribution in [0.5, 0.6) is 0 Å². The van der Waals surface area contributed by atoms with Crippen molar-refractivity contribution in [1.29, 1.82) is 0 Å². The van der Waals surface area contributed by atoms with Gasteiger partial charge in [-0.15, -0.1) is 0 Å². The van der Waals surface area contributed by atoms with E-state index in [0.29, 0.717) is 13.0 Å². The molecule has 0 fully saturated rings. The highest BCUT2D eigenvalue weighted by Crippen LogP contribution is 2.17. The van der Waals surface area contributed by atoms with E-state index >= 15 is 0 Å². The zero-order chi connectivity index (χ0) is 12.1. The number of aromatic nitrogens is 1. The quantitative estimate of drug-likeness (QED) is 0.879. The van der Waals surface area contributed by atoms with E-state index in [4.69, 9.17) is 0 Å². The average Bonchev–Trinajstić information content (AvgIpc) is 2.34. The maximum Gasteiger partial charge on any atom is 0.149 e. The summed E-state index contributed by atoms with van der Waals surface area (Å²) in [5, 5.41) is 2.76. The molecule has 1 heterocycles. The van der Waals surface area contributed by atoms with Crippen molar-refractivity contribution < 1.29 is 8.78 Å². The Hall–Kier alpha value is -1.97. The lowest BCUT2D eigenvalue weighted by molar-refractivity contribution is 0.588. The molecule has 0 amide bonds. The summed E-state index contributed by atoms with van der Waals surface area (Å²) in [4.78, 5) is 3.90. The van der Waals surface area contributed by atoms with Crippen LogP contribution >= 0.6 is 0 Å². The highest BCUT2D eigenvalue weighted by Gasteiger charge is 2.06. The van der Waals surface area contributed by atoms with E-state index in [9.17, 15) is 8.78 Å². The van der Waals surface area contributed by atoms with Gasteiger partial charge in [-0.1, -0.05) is 6.07 Å². The van der Waals surface area contributed by atoms with Crippen LogP contribution in [-0.4, -0.2) is 11.5 Å². The SMILES string of the molecule is Fc1cccc(F)c1NCCc1ccncc1. The average molecular weight is 234 g/mol. The first-order valence-electron chi connectivity index (χ1n) is 5.34. The van der Waals surface area contributed by atoms with Gasteiger partial charge < -0.3 is 5.32 Å². The molecule has 0 unspecified atom stereocenters. The highest BCUT2D eigenvalue weighted by atomic mass is 19.1. The maximum atomic E-state index is 13.3. The second kappa shape index (κ2) is 5.39. The summed E-state index contributed by atoms with van der Waals surface area (Å²) in [6, 6.07) is 7.56. The van der Waals surface area contributed by atoms with Crippen molar-refractivity contribution in [2.24, 2.45) is 0 Å². The molecule has 4 heteroatoms. The first kappa shape index (κ1) is 11.5. The van der Waals surface area contributed by atoms with E-state index < -0.39 is 11.6 Å². The first-order valence-corrected chi connectivity index (χ1v) is 5.34. The van der Waals surface area contributed by atoms with Gasteiger partial charge in [0.15, 0.2) is 0 Å². The molecule has 1 aromatic heterocycles. The van der Waals surface area contributed by atoms with Crippen molar-refractivity contribution in [3.63, 3.8) is 0 Å². The van der Waals surface area contributed by atoms with Crippen LogP contribution in [0.2, 0.25) is 0 Å². The van der Waals surface area contributed by atoms with Gasteiger partial charge in [0.2, 0.25) is 0 Å². The van der Waals surface area contributed by atoms with Crippen molar-refractivity contribution in [3.8, 4) is 0 Å². The van der Waals surface area contributed by atoms with Crippen molar-refractivity contribution in [3.05, 3.63) is 59.9 Å². The molecule has 0 saturated heterocycles. The molecule has 1 N–H and O–H groups in total. The largest absolute Gasteiger partial charge is 0.380 e. The van der Waals surface area contributed by atoms with E-state index in [2.05, 4.69) is 10.3 Å². The summed E-state index contributed by atoms with van der Waals surface area (Å²) >= 11 is 0. The number of benzene rings is 1. The Morgan fingerprint density at radius 3 is 2.29 bits per heavy atom. The molecule has 0 aliphatic heterocycles. The summed E-state index contributed by atoms with van der Waals surface area (Å²) in [5.41, 5.74) is 1.01. The van der Waals surface area contributed by atoms with E-state index in [1.165, 1.54) is 18.2 Å². The maximum absolute atomic E-state index is 13.3. The van der Waals surface area contributed by atoms with E-state index in [1.807, 2.05) is 12.1 Å². The van der Waals surface area contributed by atoms with Gasteiger partial charge in [0.1, 0.15) is 17.3 Å². The Kier molecular flexibility index (Phi) is 3.65. The first-order chi connectivity index (χ1) is 8.27. The fourth-order valence-corrected chi connectivity index (χ4v) is 1.55. The third-order valence-corrected chi connectivity index (χ3v) is 2.43. The van der Waals surface area contributed by atoms with Gasteiger partial charge in [-0.2, -0.15) is 0 Å². The number of hydrogen-bond acceptors (Lipinski definition) is 2. The minimum atomic E-state index is -0.570. The van der Waals surface area contributed by atoms with Crippen molar-refractivity contribution >= 4 is 5.69 Å². The van der Waals surface area contributed by atoms with Crippen LogP contribution in [0.25, 0.3) is 0 Å². The molecule has 1 aromatic carbocycles. The normalized spacial score (nSPS) is 10.2. The zero-order valence-corrected chi connectivity index (χ0v) is 9.16. The van der Waals surface area contributed by atoms with Crippen LogP contribution in [0.15, 0.2) is 42.7 Å². The fraction of sp³-hybridized carbons (Fsp3) is 0.154. The molecule has 17 heavy (non-hydrogen) atoms. The predicted octanol–water partition coefficient (Wildman–Crippen LogP) is 3.01. The van der Waals surface area contributed by atoms with Gasteiger partial charge in [-0.3, -0.25) is 4.98 Å². The second-order valence-electron chi connectivity index (χ2n) is 3.63. The summed E-state index contributed by atoms with van der Waals surface area (Å²) in [7, 11) is 0. The molecule has 0 atom stereocenters. The van der Waals surface area contributed by atoms with Crippen molar-refractivity contribution in [1.82, 2.24) is 4.98 Å². The van der Waals surface area contributed by atoms with Gasteiger partial charge in [0.05, 0.1) is 0 Å². The van der Waals surface area contributed by atoms with Gasteiger partial charge in [-0.05, 0) is 36.2 Å². The Morgan fingerprint density at radius 1 is 1.00 bits per heavy atom. The zero-order valence-electron chi connectivity index (χ0n) is 9.16. The van der Waals surface area contributed by atoms with Crippen LogP contribution in [0, 0.1) is 11.6 Å². The molecule has 0 aliphatic rings. The number of halogens is 2. The van der Waals surface area contributed by atoms with Crippen LogP contribution in [0.4, 0.5) is 14.5 Å². The fourth-order valence-electron chi connectivity index (χ4n) is 1.55. The third kappa shape index (κ3) is 3.00. The molecule has 0 spiro atoms. The second-order valence-corrected chi connectivity index (χ2v) is 3.63. The van der Waals surface area contributed by atoms with Crippen LogP contribution in [-0.2, 0) is 6.42 Å². The molecule has 0 saturated carbocycles. The Balaban J connectivity index is 1.95. The van der Waals surface area contributed by atoms with Gasteiger partial charge in [0.25, 0.3) is 0 Å². The third-order valence-electron chi connectivity index (χ3n) is 2.43. The van der Waals surface area contributed by atoms with Gasteiger partial charge in [0, 0.05) is 18.9 Å². The number of rotatable bonds is 4. The summed E-state index contributed by atoms with van der Waals surface area (Å²) < 4.78 is 26.5. The Morgan fingerprint density at radius 2 is 1.65 bits per heavy atom. The molecule has 88 valence electrons. The van der Waals surface area contributed by atoms with E-state index in [0.717, 1.165) is 5.56 Å². The number of nitrogens with one attached hydrogen (secondary N) is 1. The molecular weight excluding hydrogens is 222 g/mol. The smallest absolute Gasteiger partial charge is 0.149 e. The Labute approximate surface area is 98.3 Å². The summed E-state index contributed by atoms with van der Waals surface area (Å²) in [5.74, 6) is -1.14. The number of para-hydroxylation sites is 1. The molecule has 2 rings (SSSR count). The molecular formula is C13H12F2N2. The van der Waals surface area contributed by atoms with Crippen LogP contribution in [0.1, 0.15) is 5.56 Å². The lowest BCUT2D eigenvalue weighted by atomic mass is 10.2. The Bertz CT molecular complexity index is 466. The summed E-state index contributed by atoms with van der Waals surface area (Å²) in [6.45, 7) is 0.474. The minimum Gasteiger partial charge on any atom is -0.380 e. The van der Waals surface area contributed by atoms with Crippen LogP contribution in [0.3, 0.4) is 0 Å². The number of anilines is 1. The molecule has 0 bridgehead atoms. The summed E-state index contributed by atoms with van der Waals surface area (Å²) in [6.07, 6.45) is 4.08. The number of hydrogen-bond donors (Lipinski definition) is 1. The van der Waals surface area contributed by atoms with Crippen molar-refractivity contribution in [2.45, 2.75) is 6.42 Å². The number of nitrogens with zero attached hydrogens (tertiary/aromatic N) is 1. The molecule has 2 nitrogen and oxygen atoms in total. The van der Waals surface area contributed by atoms with Crippen molar-refractivity contribution in [2.75, 3.05) is 11.9 Å². The monoisotopic (exact) mass is 234 g/mol.